The first-order chi connectivity index (χ1) is 5.06. The molecule has 0 amide bonds. The average Bonchev–Trinajstić information content (AvgIpc) is 1.85. The lowest BCUT2D eigenvalue weighted by atomic mass is 10.1. The van der Waals surface area contributed by atoms with Gasteiger partial charge in [0, 0.05) is 18.0 Å². The Morgan fingerprint density at radius 1 is 1.36 bits per heavy atom. The number of nitrogens with one attached hydrogen (secondary N) is 1. The summed E-state index contributed by atoms with van der Waals surface area (Å²) in [5, 5.41) is 3.09. The molecule has 0 atom stereocenters. The maximum atomic E-state index is 3.09. The average molecular weight is 151 g/mol. The van der Waals surface area contributed by atoms with Gasteiger partial charge in [0.1, 0.15) is 0 Å². The maximum Gasteiger partial charge on any atom is 0.0365 e. The fourth-order valence-corrected chi connectivity index (χ4v) is 0.460. The zero-order chi connectivity index (χ0) is 8.74. The minimum absolute atomic E-state index is 0.100. The van der Waals surface area contributed by atoms with Crippen LogP contribution in [-0.2, 0) is 0 Å². The Bertz CT molecular complexity index is 173. The van der Waals surface area contributed by atoms with E-state index in [0.717, 1.165) is 6.42 Å². The second-order valence-electron chi connectivity index (χ2n) is 3.45. The van der Waals surface area contributed by atoms with Gasteiger partial charge < -0.3 is 5.32 Å². The third-order valence-electron chi connectivity index (χ3n) is 0.982. The number of hydrogen-bond acceptors (Lipinski definition) is 1. The van der Waals surface area contributed by atoms with Crippen LogP contribution in [0.25, 0.3) is 0 Å². The molecule has 11 heavy (non-hydrogen) atoms. The van der Waals surface area contributed by atoms with Crippen molar-refractivity contribution in [2.45, 2.75) is 39.7 Å². The molecule has 62 valence electrons. The molecule has 0 saturated heterocycles. The van der Waals surface area contributed by atoms with Crippen molar-refractivity contribution >= 4 is 0 Å². The Balaban J connectivity index is 3.57. The summed E-state index contributed by atoms with van der Waals surface area (Å²) in [5.74, 6) is 2.99. The zero-order valence-electron chi connectivity index (χ0n) is 7.86. The Morgan fingerprint density at radius 2 is 2.00 bits per heavy atom. The summed E-state index contributed by atoms with van der Waals surface area (Å²) in [5.41, 5.74) is 0.100. The van der Waals surface area contributed by atoms with E-state index in [1.54, 1.807) is 0 Å². The molecule has 0 aromatic carbocycles. The highest BCUT2D eigenvalue weighted by molar-refractivity contribution is 5.04. The fraction of sp³-hybridized carbons (Fsp3) is 0.600. The molecule has 0 bridgehead atoms. The molecule has 0 aliphatic carbocycles. The summed E-state index contributed by atoms with van der Waals surface area (Å²) in [6.45, 7) is 8.28. The molecule has 0 rings (SSSR count). The molecular formula is C10H17N. The van der Waals surface area contributed by atoms with E-state index < -0.39 is 0 Å². The van der Waals surface area contributed by atoms with Gasteiger partial charge in [0.25, 0.3) is 0 Å². The third-order valence-corrected chi connectivity index (χ3v) is 0.982. The quantitative estimate of drug-likeness (QED) is 0.344. The van der Waals surface area contributed by atoms with E-state index in [9.17, 15) is 0 Å². The second-order valence-corrected chi connectivity index (χ2v) is 3.45. The van der Waals surface area contributed by atoms with Crippen LogP contribution in [0.1, 0.15) is 34.1 Å². The standard InChI is InChI=1S/C10H17N/c1-5-6-7-8-9-11-10(2,3)4/h5-6,11H,7H2,1-4H3. The van der Waals surface area contributed by atoms with Gasteiger partial charge in [-0.1, -0.05) is 18.1 Å². The normalized spacial score (nSPS) is 10.9. The van der Waals surface area contributed by atoms with Crippen molar-refractivity contribution in [3.63, 3.8) is 0 Å². The van der Waals surface area contributed by atoms with E-state index in [1.807, 2.05) is 19.1 Å². The molecule has 0 aliphatic rings. The number of allylic oxidation sites excluding steroid dienone is 2. The monoisotopic (exact) mass is 151 g/mol. The highest BCUT2D eigenvalue weighted by atomic mass is 14.9. The molecule has 1 nitrogen and oxygen atoms in total. The van der Waals surface area contributed by atoms with E-state index in [4.69, 9.17) is 0 Å². The van der Waals surface area contributed by atoms with Crippen molar-refractivity contribution < 1.29 is 0 Å². The molecule has 0 heterocycles. The van der Waals surface area contributed by atoms with Crippen LogP contribution >= 0.6 is 0 Å². The van der Waals surface area contributed by atoms with E-state index in [0.29, 0.717) is 0 Å². The fourth-order valence-electron chi connectivity index (χ4n) is 0.460. The van der Waals surface area contributed by atoms with Crippen molar-refractivity contribution in [3.8, 4) is 12.0 Å². The molecule has 1 heteroatoms. The van der Waals surface area contributed by atoms with Gasteiger partial charge in [0.2, 0.25) is 0 Å². The molecule has 0 radical (unpaired) electrons. The van der Waals surface area contributed by atoms with Gasteiger partial charge >= 0.3 is 0 Å². The van der Waals surface area contributed by atoms with E-state index >= 15 is 0 Å². The van der Waals surface area contributed by atoms with Gasteiger partial charge in [0.15, 0.2) is 0 Å². The predicted molar refractivity (Wildman–Crippen MR) is 50.1 cm³/mol. The molecule has 0 unspecified atom stereocenters. The van der Waals surface area contributed by atoms with Crippen molar-refractivity contribution in [2.75, 3.05) is 0 Å². The van der Waals surface area contributed by atoms with Crippen LogP contribution in [-0.4, -0.2) is 5.54 Å². The van der Waals surface area contributed by atoms with Crippen LogP contribution in [0.15, 0.2) is 12.2 Å². The molecule has 0 saturated carbocycles. The molecule has 0 aliphatic heterocycles. The first-order valence-electron chi connectivity index (χ1n) is 3.92. The molecule has 0 aromatic heterocycles. The van der Waals surface area contributed by atoms with Gasteiger partial charge in [0.05, 0.1) is 0 Å². The zero-order valence-corrected chi connectivity index (χ0v) is 7.86. The number of hydrogen-bond donors (Lipinski definition) is 1. The van der Waals surface area contributed by atoms with E-state index in [-0.39, 0.29) is 5.54 Å². The highest BCUT2D eigenvalue weighted by Crippen LogP contribution is 1.95. The van der Waals surface area contributed by atoms with Gasteiger partial charge in [-0.15, -0.1) is 0 Å². The summed E-state index contributed by atoms with van der Waals surface area (Å²) in [6, 6.07) is 2.91. The van der Waals surface area contributed by atoms with Gasteiger partial charge in [-0.3, -0.25) is 0 Å². The number of rotatable bonds is 1. The van der Waals surface area contributed by atoms with E-state index in [1.165, 1.54) is 0 Å². The van der Waals surface area contributed by atoms with Crippen LogP contribution in [0.3, 0.4) is 0 Å². The van der Waals surface area contributed by atoms with Gasteiger partial charge in [-0.2, -0.15) is 0 Å². The smallest absolute Gasteiger partial charge is 0.0365 e. The molecule has 0 aromatic rings. The summed E-state index contributed by atoms with van der Waals surface area (Å²) >= 11 is 0. The molecular weight excluding hydrogens is 134 g/mol. The van der Waals surface area contributed by atoms with Crippen LogP contribution < -0.4 is 5.32 Å². The lowest BCUT2D eigenvalue weighted by molar-refractivity contribution is 0.502. The SMILES string of the molecule is CC=CCC#CNC(C)(C)C. The van der Waals surface area contributed by atoms with Crippen molar-refractivity contribution in [1.29, 1.82) is 0 Å². The molecule has 1 N–H and O–H groups in total. The molecule has 0 spiro atoms. The minimum atomic E-state index is 0.100. The minimum Gasteiger partial charge on any atom is -0.341 e. The van der Waals surface area contributed by atoms with Crippen LogP contribution in [0.5, 0.6) is 0 Å². The van der Waals surface area contributed by atoms with E-state index in [2.05, 4.69) is 38.1 Å². The first kappa shape index (κ1) is 10.1. The third kappa shape index (κ3) is 9.10. The summed E-state index contributed by atoms with van der Waals surface area (Å²) in [4.78, 5) is 0. The van der Waals surface area contributed by atoms with Crippen molar-refractivity contribution in [3.05, 3.63) is 12.2 Å². The van der Waals surface area contributed by atoms with Gasteiger partial charge in [-0.05, 0) is 27.7 Å². The Labute approximate surface area is 69.9 Å². The lowest BCUT2D eigenvalue weighted by Gasteiger charge is -2.15. The predicted octanol–water partition coefficient (Wildman–Crippen LogP) is 2.30. The Kier molecular flexibility index (Phi) is 4.45. The summed E-state index contributed by atoms with van der Waals surface area (Å²) < 4.78 is 0. The maximum absolute atomic E-state index is 3.09. The first-order valence-corrected chi connectivity index (χ1v) is 3.92. The van der Waals surface area contributed by atoms with Gasteiger partial charge in [-0.25, -0.2) is 0 Å². The second kappa shape index (κ2) is 4.85. The van der Waals surface area contributed by atoms with Crippen molar-refractivity contribution in [2.24, 2.45) is 0 Å². The van der Waals surface area contributed by atoms with Crippen LogP contribution in [0.4, 0.5) is 0 Å². The lowest BCUT2D eigenvalue weighted by Crippen LogP contribution is -2.31. The highest BCUT2D eigenvalue weighted by Gasteiger charge is 2.04. The Morgan fingerprint density at radius 3 is 2.45 bits per heavy atom. The largest absolute Gasteiger partial charge is 0.341 e. The van der Waals surface area contributed by atoms with Crippen LogP contribution in [0, 0.1) is 12.0 Å². The Hall–Kier alpha value is -0.900. The molecule has 0 fully saturated rings. The topological polar surface area (TPSA) is 12.0 Å². The van der Waals surface area contributed by atoms with Crippen LogP contribution in [0.2, 0.25) is 0 Å². The summed E-state index contributed by atoms with van der Waals surface area (Å²) in [6.07, 6.45) is 4.88. The van der Waals surface area contributed by atoms with Crippen molar-refractivity contribution in [1.82, 2.24) is 5.32 Å². The summed E-state index contributed by atoms with van der Waals surface area (Å²) in [7, 11) is 0.